The maximum Gasteiger partial charge on any atom is 0.263 e. The van der Waals surface area contributed by atoms with E-state index in [-0.39, 0.29) is 11.5 Å². The molecule has 1 saturated heterocycles. The quantitative estimate of drug-likeness (QED) is 0.472. The lowest BCUT2D eigenvalue weighted by molar-refractivity contribution is -0.117. The highest BCUT2D eigenvalue weighted by Gasteiger charge is 2.15. The van der Waals surface area contributed by atoms with Gasteiger partial charge in [-0.1, -0.05) is 12.8 Å². The normalized spacial score (nSPS) is 21.0. The van der Waals surface area contributed by atoms with Crippen molar-refractivity contribution in [1.82, 2.24) is 20.9 Å². The van der Waals surface area contributed by atoms with Crippen LogP contribution in [0.3, 0.4) is 0 Å². The number of carbonyl (C=O) groups excluding carboxylic acids is 1. The van der Waals surface area contributed by atoms with E-state index in [1.165, 1.54) is 12.8 Å². The highest BCUT2D eigenvalue weighted by Crippen LogP contribution is 2.17. The van der Waals surface area contributed by atoms with Crippen LogP contribution in [0.25, 0.3) is 0 Å². The first kappa shape index (κ1) is 15.8. The lowest BCUT2D eigenvalue weighted by Crippen LogP contribution is -2.46. The van der Waals surface area contributed by atoms with Gasteiger partial charge in [-0.05, 0) is 12.8 Å². The van der Waals surface area contributed by atoms with E-state index in [2.05, 4.69) is 20.9 Å². The van der Waals surface area contributed by atoms with Crippen LogP contribution in [0, 0.1) is 11.3 Å². The minimum atomic E-state index is -0.280. The molecule has 1 saturated carbocycles. The number of rotatable bonds is 6. The Morgan fingerprint density at radius 3 is 2.71 bits per heavy atom. The number of carbonyl (C=O) groups is 1. The Kier molecular flexibility index (Phi) is 6.51. The molecule has 0 aromatic heterocycles. The molecule has 1 aliphatic carbocycles. The fourth-order valence-electron chi connectivity index (χ4n) is 2.80. The van der Waals surface area contributed by atoms with Gasteiger partial charge in [0, 0.05) is 51.5 Å². The Balaban J connectivity index is 1.69. The van der Waals surface area contributed by atoms with Crippen molar-refractivity contribution in [3.05, 3.63) is 11.8 Å². The van der Waals surface area contributed by atoms with Crippen molar-refractivity contribution in [2.45, 2.75) is 31.7 Å². The number of hydrogen-bond acceptors (Lipinski definition) is 5. The summed E-state index contributed by atoms with van der Waals surface area (Å²) >= 11 is 0. The predicted molar refractivity (Wildman–Crippen MR) is 81.4 cm³/mol. The van der Waals surface area contributed by atoms with Crippen LogP contribution in [0.5, 0.6) is 0 Å². The number of hydrogen-bond donors (Lipinski definition) is 3. The topological polar surface area (TPSA) is 80.2 Å². The monoisotopic (exact) mass is 291 g/mol. The molecule has 0 atom stereocenters. The van der Waals surface area contributed by atoms with Crippen molar-refractivity contribution in [2.75, 3.05) is 39.3 Å². The summed E-state index contributed by atoms with van der Waals surface area (Å²) in [6, 6.07) is 2.40. The van der Waals surface area contributed by atoms with Crippen molar-refractivity contribution < 1.29 is 4.79 Å². The van der Waals surface area contributed by atoms with Crippen LogP contribution in [0.2, 0.25) is 0 Å². The first-order valence-corrected chi connectivity index (χ1v) is 7.87. The number of piperazine rings is 1. The second-order valence-corrected chi connectivity index (χ2v) is 5.67. The summed E-state index contributed by atoms with van der Waals surface area (Å²) in [5.74, 6) is -0.280. The summed E-state index contributed by atoms with van der Waals surface area (Å²) in [7, 11) is 0. The summed E-state index contributed by atoms with van der Waals surface area (Å²) in [5, 5.41) is 18.4. The summed E-state index contributed by atoms with van der Waals surface area (Å²) in [5.41, 5.74) is 0.169. The second-order valence-electron chi connectivity index (χ2n) is 5.67. The Morgan fingerprint density at radius 1 is 1.33 bits per heavy atom. The van der Waals surface area contributed by atoms with Gasteiger partial charge in [0.1, 0.15) is 11.6 Å². The predicted octanol–water partition coefficient (Wildman–Crippen LogP) is -0.0525. The zero-order valence-corrected chi connectivity index (χ0v) is 12.5. The smallest absolute Gasteiger partial charge is 0.263 e. The van der Waals surface area contributed by atoms with E-state index in [4.69, 9.17) is 5.26 Å². The fraction of sp³-hybridized carbons (Fsp3) is 0.733. The first-order valence-electron chi connectivity index (χ1n) is 7.87. The molecule has 0 spiro atoms. The zero-order chi connectivity index (χ0) is 14.9. The van der Waals surface area contributed by atoms with E-state index in [0.29, 0.717) is 12.6 Å². The highest BCUT2D eigenvalue weighted by atomic mass is 16.1. The van der Waals surface area contributed by atoms with E-state index in [9.17, 15) is 4.79 Å². The maximum absolute atomic E-state index is 11.9. The van der Waals surface area contributed by atoms with Crippen LogP contribution >= 0.6 is 0 Å². The molecule has 6 nitrogen and oxygen atoms in total. The molecule has 1 amide bonds. The molecule has 116 valence electrons. The maximum atomic E-state index is 11.9. The molecule has 0 aromatic rings. The second kappa shape index (κ2) is 8.65. The number of amides is 1. The Bertz CT molecular complexity index is 403. The lowest BCUT2D eigenvalue weighted by atomic mass is 10.2. The minimum Gasteiger partial charge on any atom is -0.387 e. The van der Waals surface area contributed by atoms with Crippen LogP contribution < -0.4 is 16.0 Å². The van der Waals surface area contributed by atoms with Gasteiger partial charge in [-0.15, -0.1) is 0 Å². The molecular formula is C15H25N5O. The van der Waals surface area contributed by atoms with E-state index in [0.717, 1.165) is 45.6 Å². The number of nitriles is 1. The van der Waals surface area contributed by atoms with Crippen molar-refractivity contribution in [3.8, 4) is 6.07 Å². The fourth-order valence-corrected chi connectivity index (χ4v) is 2.80. The van der Waals surface area contributed by atoms with Crippen LogP contribution in [-0.4, -0.2) is 56.1 Å². The van der Waals surface area contributed by atoms with Crippen LogP contribution in [0.4, 0.5) is 0 Å². The van der Waals surface area contributed by atoms with Gasteiger partial charge in [0.2, 0.25) is 0 Å². The molecule has 0 bridgehead atoms. The molecule has 0 radical (unpaired) electrons. The number of nitrogens with one attached hydrogen (secondary N) is 3. The summed E-state index contributed by atoms with van der Waals surface area (Å²) in [4.78, 5) is 14.3. The van der Waals surface area contributed by atoms with Gasteiger partial charge in [0.15, 0.2) is 0 Å². The van der Waals surface area contributed by atoms with Crippen molar-refractivity contribution >= 4 is 5.91 Å². The molecule has 6 heteroatoms. The number of nitrogens with zero attached hydrogens (tertiary/aromatic N) is 2. The van der Waals surface area contributed by atoms with Gasteiger partial charge in [-0.25, -0.2) is 0 Å². The van der Waals surface area contributed by atoms with Crippen molar-refractivity contribution in [2.24, 2.45) is 0 Å². The highest BCUT2D eigenvalue weighted by molar-refractivity contribution is 5.97. The largest absolute Gasteiger partial charge is 0.387 e. The summed E-state index contributed by atoms with van der Waals surface area (Å²) in [6.45, 7) is 5.45. The average Bonchev–Trinajstić information content (AvgIpc) is 3.02. The molecule has 0 unspecified atom stereocenters. The first-order chi connectivity index (χ1) is 10.3. The van der Waals surface area contributed by atoms with Crippen molar-refractivity contribution in [1.29, 1.82) is 5.26 Å². The van der Waals surface area contributed by atoms with Gasteiger partial charge in [-0.2, -0.15) is 5.26 Å². The molecule has 3 N–H and O–H groups in total. The molecule has 21 heavy (non-hydrogen) atoms. The average molecular weight is 291 g/mol. The van der Waals surface area contributed by atoms with E-state index in [1.54, 1.807) is 6.20 Å². The Morgan fingerprint density at radius 2 is 2.05 bits per heavy atom. The van der Waals surface area contributed by atoms with E-state index < -0.39 is 0 Å². The van der Waals surface area contributed by atoms with E-state index in [1.807, 2.05) is 6.07 Å². The van der Waals surface area contributed by atoms with Gasteiger partial charge < -0.3 is 16.0 Å². The Hall–Kier alpha value is -1.58. The molecular weight excluding hydrogens is 266 g/mol. The third-order valence-electron chi connectivity index (χ3n) is 4.11. The molecule has 2 aliphatic rings. The standard InChI is InChI=1S/C15H25N5O/c16-11-13(12-19-14-3-1-2-4-14)15(21)18-7-10-20-8-5-17-6-9-20/h12,14,17,19H,1-10H2,(H,18,21)/b13-12-. The van der Waals surface area contributed by atoms with Crippen LogP contribution in [-0.2, 0) is 4.79 Å². The SMILES string of the molecule is N#C/C(=C/NC1CCCC1)C(=O)NCCN1CCNCC1. The van der Waals surface area contributed by atoms with Gasteiger partial charge in [0.05, 0.1) is 0 Å². The molecule has 2 fully saturated rings. The Labute approximate surface area is 126 Å². The third-order valence-corrected chi connectivity index (χ3v) is 4.11. The van der Waals surface area contributed by atoms with Gasteiger partial charge in [0.25, 0.3) is 5.91 Å². The van der Waals surface area contributed by atoms with Crippen LogP contribution in [0.15, 0.2) is 11.8 Å². The van der Waals surface area contributed by atoms with Crippen LogP contribution in [0.1, 0.15) is 25.7 Å². The third kappa shape index (κ3) is 5.37. The summed E-state index contributed by atoms with van der Waals surface area (Å²) in [6.07, 6.45) is 6.28. The lowest BCUT2D eigenvalue weighted by Gasteiger charge is -2.27. The zero-order valence-electron chi connectivity index (χ0n) is 12.5. The van der Waals surface area contributed by atoms with Gasteiger partial charge >= 0.3 is 0 Å². The summed E-state index contributed by atoms with van der Waals surface area (Å²) < 4.78 is 0. The molecule has 1 aliphatic heterocycles. The van der Waals surface area contributed by atoms with Gasteiger partial charge in [-0.3, -0.25) is 9.69 Å². The van der Waals surface area contributed by atoms with Crippen molar-refractivity contribution in [3.63, 3.8) is 0 Å². The minimum absolute atomic E-state index is 0.169. The molecule has 1 heterocycles. The van der Waals surface area contributed by atoms with E-state index >= 15 is 0 Å². The molecule has 2 rings (SSSR count). The molecule has 0 aromatic carbocycles.